The van der Waals surface area contributed by atoms with Crippen molar-refractivity contribution in [3.05, 3.63) is 0 Å². The van der Waals surface area contributed by atoms with E-state index in [0.29, 0.717) is 0 Å². The normalized spacial score (nSPS) is 8.80. The predicted molar refractivity (Wildman–Crippen MR) is 52.6 cm³/mol. The minimum Gasteiger partial charge on any atom is -0.396 e. The molecule has 0 unspecified atom stereocenters. The first-order valence-electron chi connectivity index (χ1n) is 4.47. The molecule has 0 saturated heterocycles. The molecule has 90 valence electrons. The Kier molecular flexibility index (Phi) is 14.2. The van der Waals surface area contributed by atoms with E-state index in [2.05, 4.69) is 4.74 Å². The molecule has 7 nitrogen and oxygen atoms in total. The van der Waals surface area contributed by atoms with Gasteiger partial charge in [0.1, 0.15) is 0 Å². The third kappa shape index (κ3) is 15.7. The quantitative estimate of drug-likeness (QED) is 0.234. The molecule has 0 rings (SSSR count). The van der Waals surface area contributed by atoms with E-state index in [1.165, 1.54) is 0 Å². The molecule has 0 aliphatic rings. The van der Waals surface area contributed by atoms with Crippen LogP contribution in [0.1, 0.15) is 12.8 Å². The van der Waals surface area contributed by atoms with Crippen LogP contribution in [-0.2, 0) is 14.3 Å². The van der Waals surface area contributed by atoms with Crippen molar-refractivity contribution in [1.82, 2.24) is 0 Å². The molecule has 6 N–H and O–H groups in total. The molecule has 0 aliphatic carbocycles. The summed E-state index contributed by atoms with van der Waals surface area (Å²) in [5.74, 6) is -1.52. The number of aliphatic hydroxyl groups excluding tert-OH is 2. The second-order valence-corrected chi connectivity index (χ2v) is 2.41. The van der Waals surface area contributed by atoms with E-state index in [0.717, 1.165) is 12.8 Å². The van der Waals surface area contributed by atoms with Crippen LogP contribution in [0.3, 0.4) is 0 Å². The Bertz CT molecular complexity index is 156. The van der Waals surface area contributed by atoms with Gasteiger partial charge in [-0.15, -0.1) is 0 Å². The molecule has 0 aliphatic heterocycles. The first-order valence-corrected chi connectivity index (χ1v) is 4.47. The van der Waals surface area contributed by atoms with Crippen molar-refractivity contribution in [2.24, 2.45) is 11.5 Å². The van der Waals surface area contributed by atoms with E-state index < -0.39 is 11.9 Å². The molecule has 0 radical (unpaired) electrons. The summed E-state index contributed by atoms with van der Waals surface area (Å²) < 4.78 is 4.02. The molecule has 0 aromatic carbocycles. The molecule has 0 amide bonds. The van der Waals surface area contributed by atoms with Gasteiger partial charge in [0.25, 0.3) is 0 Å². The van der Waals surface area contributed by atoms with Gasteiger partial charge in [0.15, 0.2) is 0 Å². The maximum absolute atomic E-state index is 10.2. The highest BCUT2D eigenvalue weighted by Crippen LogP contribution is 1.80. The van der Waals surface area contributed by atoms with Crippen molar-refractivity contribution in [1.29, 1.82) is 0 Å². The summed E-state index contributed by atoms with van der Waals surface area (Å²) in [6, 6.07) is 0. The summed E-state index contributed by atoms with van der Waals surface area (Å²) in [4.78, 5) is 20.3. The number of ether oxygens (including phenoxy) is 1. The molecule has 0 aromatic heterocycles. The maximum Gasteiger partial charge on any atom is 0.327 e. The van der Waals surface area contributed by atoms with Gasteiger partial charge in [-0.1, -0.05) is 0 Å². The second kappa shape index (κ2) is 13.0. The molecule has 0 spiro atoms. The zero-order chi connectivity index (χ0) is 12.1. The molecular weight excluding hydrogens is 204 g/mol. The number of hydrogen-bond donors (Lipinski definition) is 4. The Morgan fingerprint density at radius 3 is 1.47 bits per heavy atom. The Balaban J connectivity index is 0. The van der Waals surface area contributed by atoms with Gasteiger partial charge in [0.2, 0.25) is 0 Å². The third-order valence-electron chi connectivity index (χ3n) is 1.13. The minimum atomic E-state index is -0.759. The summed E-state index contributed by atoms with van der Waals surface area (Å²) in [5.41, 5.74) is 9.61. The van der Waals surface area contributed by atoms with Crippen LogP contribution >= 0.6 is 0 Å². The molecule has 0 atom stereocenters. The van der Waals surface area contributed by atoms with Crippen LogP contribution in [0.4, 0.5) is 0 Å². The Labute approximate surface area is 88.0 Å². The standard InChI is InChI=1S/C4H8N2O3.C4H10O2/c5-1-3(7)9-4(8)2-6;5-3-1-2-4-6/h1-2,5-6H2;5-6H,1-4H2. The van der Waals surface area contributed by atoms with Gasteiger partial charge in [0.05, 0.1) is 13.1 Å². The van der Waals surface area contributed by atoms with E-state index in [1.54, 1.807) is 0 Å². The van der Waals surface area contributed by atoms with E-state index in [1.807, 2.05) is 0 Å². The lowest BCUT2D eigenvalue weighted by Crippen LogP contribution is -2.25. The van der Waals surface area contributed by atoms with E-state index in [9.17, 15) is 9.59 Å². The van der Waals surface area contributed by atoms with Gasteiger partial charge in [0, 0.05) is 13.2 Å². The van der Waals surface area contributed by atoms with Crippen molar-refractivity contribution < 1.29 is 24.5 Å². The van der Waals surface area contributed by atoms with Crippen molar-refractivity contribution in [3.63, 3.8) is 0 Å². The van der Waals surface area contributed by atoms with Crippen LogP contribution in [-0.4, -0.2) is 48.5 Å². The number of rotatable bonds is 5. The average molecular weight is 222 g/mol. The summed E-state index contributed by atoms with van der Waals surface area (Å²) in [5, 5.41) is 16.2. The maximum atomic E-state index is 10.2. The fourth-order valence-electron chi connectivity index (χ4n) is 0.434. The summed E-state index contributed by atoms with van der Waals surface area (Å²) in [7, 11) is 0. The van der Waals surface area contributed by atoms with E-state index in [4.69, 9.17) is 21.7 Å². The predicted octanol–water partition coefficient (Wildman–Crippen LogP) is -2.28. The minimum absolute atomic E-state index is 0.195. The highest BCUT2D eigenvalue weighted by molar-refractivity contribution is 5.87. The Morgan fingerprint density at radius 1 is 0.933 bits per heavy atom. The largest absolute Gasteiger partial charge is 0.396 e. The number of carbonyl (C=O) groups excluding carboxylic acids is 2. The van der Waals surface area contributed by atoms with Gasteiger partial charge in [-0.25, -0.2) is 0 Å². The number of carbonyl (C=O) groups is 2. The van der Waals surface area contributed by atoms with Gasteiger partial charge in [-0.3, -0.25) is 9.59 Å². The van der Waals surface area contributed by atoms with Crippen molar-refractivity contribution in [2.45, 2.75) is 12.8 Å². The highest BCUT2D eigenvalue weighted by atomic mass is 16.6. The molecule has 0 heterocycles. The van der Waals surface area contributed by atoms with Crippen molar-refractivity contribution in [3.8, 4) is 0 Å². The third-order valence-corrected chi connectivity index (χ3v) is 1.13. The second-order valence-electron chi connectivity index (χ2n) is 2.41. The van der Waals surface area contributed by atoms with Gasteiger partial charge in [-0.05, 0) is 12.8 Å². The SMILES string of the molecule is NCC(=O)OC(=O)CN.OCCCCO. The topological polar surface area (TPSA) is 136 Å². The number of nitrogens with two attached hydrogens (primary N) is 2. The van der Waals surface area contributed by atoms with Gasteiger partial charge < -0.3 is 26.4 Å². The van der Waals surface area contributed by atoms with Crippen LogP contribution in [0.15, 0.2) is 0 Å². The molecule has 7 heteroatoms. The average Bonchev–Trinajstić information content (AvgIpc) is 2.26. The zero-order valence-electron chi connectivity index (χ0n) is 8.52. The lowest BCUT2D eigenvalue weighted by Gasteiger charge is -1.95. The number of unbranched alkanes of at least 4 members (excludes halogenated alkanes) is 1. The number of esters is 2. The summed E-state index contributed by atoms with van der Waals surface area (Å²) in [6.07, 6.45) is 1.44. The van der Waals surface area contributed by atoms with Gasteiger partial charge in [-0.2, -0.15) is 0 Å². The fourth-order valence-corrected chi connectivity index (χ4v) is 0.434. The molecule has 15 heavy (non-hydrogen) atoms. The summed E-state index contributed by atoms with van der Waals surface area (Å²) in [6.45, 7) is -0.210. The van der Waals surface area contributed by atoms with Gasteiger partial charge >= 0.3 is 11.9 Å². The first-order chi connectivity index (χ1) is 7.12. The Hall–Kier alpha value is -1.02. The monoisotopic (exact) mass is 222 g/mol. The summed E-state index contributed by atoms with van der Waals surface area (Å²) >= 11 is 0. The van der Waals surface area contributed by atoms with Crippen molar-refractivity contribution >= 4 is 11.9 Å². The zero-order valence-corrected chi connectivity index (χ0v) is 8.52. The number of aliphatic hydroxyl groups is 2. The van der Waals surface area contributed by atoms with Crippen LogP contribution in [0.25, 0.3) is 0 Å². The van der Waals surface area contributed by atoms with Crippen LogP contribution < -0.4 is 11.5 Å². The molecule has 0 saturated carbocycles. The lowest BCUT2D eigenvalue weighted by atomic mass is 10.3. The fraction of sp³-hybridized carbons (Fsp3) is 0.750. The van der Waals surface area contributed by atoms with E-state index in [-0.39, 0.29) is 26.3 Å². The smallest absolute Gasteiger partial charge is 0.327 e. The van der Waals surface area contributed by atoms with Crippen LogP contribution in [0, 0.1) is 0 Å². The number of hydrogen-bond acceptors (Lipinski definition) is 7. The van der Waals surface area contributed by atoms with Crippen LogP contribution in [0.5, 0.6) is 0 Å². The van der Waals surface area contributed by atoms with Crippen molar-refractivity contribution in [2.75, 3.05) is 26.3 Å². The highest BCUT2D eigenvalue weighted by Gasteiger charge is 2.04. The first kappa shape index (κ1) is 16.4. The molecule has 0 bridgehead atoms. The lowest BCUT2D eigenvalue weighted by molar-refractivity contribution is -0.157. The molecule has 0 aromatic rings. The van der Waals surface area contributed by atoms with E-state index >= 15 is 0 Å². The Morgan fingerprint density at radius 2 is 1.27 bits per heavy atom. The van der Waals surface area contributed by atoms with Crippen LogP contribution in [0.2, 0.25) is 0 Å². The molecular formula is C8H18N2O5. The molecule has 0 fully saturated rings.